The number of ketones is 1. The molecule has 1 atom stereocenters. The summed E-state index contributed by atoms with van der Waals surface area (Å²) in [6.07, 6.45) is 8.19. The third-order valence-electron chi connectivity index (χ3n) is 4.99. The lowest BCUT2D eigenvalue weighted by Crippen LogP contribution is -2.40. The molecule has 0 aromatic carbocycles. The van der Waals surface area contributed by atoms with Crippen LogP contribution in [0.25, 0.3) is 0 Å². The summed E-state index contributed by atoms with van der Waals surface area (Å²) in [6, 6.07) is 0. The van der Waals surface area contributed by atoms with E-state index in [1.807, 2.05) is 6.08 Å². The summed E-state index contributed by atoms with van der Waals surface area (Å²) in [4.78, 5) is 37.4. The Morgan fingerprint density at radius 2 is 1.80 bits per heavy atom. The van der Waals surface area contributed by atoms with Crippen LogP contribution in [0.3, 0.4) is 0 Å². The molecule has 0 spiro atoms. The maximum absolute atomic E-state index is 12.5. The molecule has 0 aliphatic heterocycles. The highest BCUT2D eigenvalue weighted by Gasteiger charge is 2.58. The molecule has 0 amide bonds. The van der Waals surface area contributed by atoms with Crippen molar-refractivity contribution < 1.29 is 23.9 Å². The first kappa shape index (κ1) is 19.4. The maximum atomic E-state index is 12.5. The fourth-order valence-corrected chi connectivity index (χ4v) is 3.74. The Labute approximate surface area is 149 Å². The summed E-state index contributed by atoms with van der Waals surface area (Å²) < 4.78 is 10.3. The number of carbonyl (C=O) groups is 3. The Morgan fingerprint density at radius 3 is 2.36 bits per heavy atom. The molecule has 0 N–H and O–H groups in total. The lowest BCUT2D eigenvalue weighted by molar-refractivity contribution is -0.171. The van der Waals surface area contributed by atoms with Gasteiger partial charge in [0.25, 0.3) is 0 Å². The summed E-state index contributed by atoms with van der Waals surface area (Å²) in [7, 11) is 0. The molecular formula is C20H28O5. The number of ether oxygens (including phenoxy) is 2. The number of unbranched alkanes of at least 4 members (excludes halogenated alkanes) is 3. The zero-order valence-corrected chi connectivity index (χ0v) is 15.4. The minimum atomic E-state index is -1.31. The van der Waals surface area contributed by atoms with Gasteiger partial charge in [-0.15, -0.1) is 0 Å². The molecule has 0 aromatic rings. The molecule has 1 unspecified atom stereocenters. The third-order valence-corrected chi connectivity index (χ3v) is 4.99. The molecule has 0 aromatic heterocycles. The first-order valence-electron chi connectivity index (χ1n) is 9.29. The van der Waals surface area contributed by atoms with Gasteiger partial charge in [0.15, 0.2) is 11.2 Å². The van der Waals surface area contributed by atoms with Crippen LogP contribution in [0.5, 0.6) is 0 Å². The van der Waals surface area contributed by atoms with Gasteiger partial charge in [-0.05, 0) is 45.6 Å². The largest absolute Gasteiger partial charge is 0.465 e. The predicted molar refractivity (Wildman–Crippen MR) is 93.7 cm³/mol. The fourth-order valence-electron chi connectivity index (χ4n) is 3.74. The summed E-state index contributed by atoms with van der Waals surface area (Å²) in [5.74, 6) is -1.23. The van der Waals surface area contributed by atoms with Crippen molar-refractivity contribution in [3.8, 4) is 0 Å². The quantitative estimate of drug-likeness (QED) is 0.290. The lowest BCUT2D eigenvalue weighted by atomic mass is 9.83. The second-order valence-corrected chi connectivity index (χ2v) is 6.70. The molecule has 0 radical (unpaired) electrons. The van der Waals surface area contributed by atoms with E-state index in [9.17, 15) is 14.4 Å². The van der Waals surface area contributed by atoms with E-state index in [-0.39, 0.29) is 37.8 Å². The molecule has 1 saturated carbocycles. The van der Waals surface area contributed by atoms with Gasteiger partial charge in [0.1, 0.15) is 0 Å². The van der Waals surface area contributed by atoms with E-state index in [4.69, 9.17) is 9.47 Å². The summed E-state index contributed by atoms with van der Waals surface area (Å²) in [5, 5.41) is 0. The van der Waals surface area contributed by atoms with Crippen molar-refractivity contribution in [2.75, 3.05) is 13.2 Å². The predicted octanol–water partition coefficient (Wildman–Crippen LogP) is 3.52. The number of carbonyl (C=O) groups excluding carboxylic acids is 3. The highest BCUT2D eigenvalue weighted by atomic mass is 16.6. The van der Waals surface area contributed by atoms with Gasteiger partial charge in [-0.3, -0.25) is 14.4 Å². The minimum Gasteiger partial charge on any atom is -0.465 e. The molecule has 2 rings (SSSR count). The zero-order valence-electron chi connectivity index (χ0n) is 15.4. The molecule has 138 valence electrons. The van der Waals surface area contributed by atoms with Crippen LogP contribution in [0.15, 0.2) is 23.3 Å². The normalized spacial score (nSPS) is 22.7. The van der Waals surface area contributed by atoms with Gasteiger partial charge < -0.3 is 9.47 Å². The van der Waals surface area contributed by atoms with Crippen LogP contribution >= 0.6 is 0 Å². The molecule has 25 heavy (non-hydrogen) atoms. The van der Waals surface area contributed by atoms with Crippen LogP contribution < -0.4 is 0 Å². The molecule has 2 aliphatic carbocycles. The monoisotopic (exact) mass is 348 g/mol. The van der Waals surface area contributed by atoms with Gasteiger partial charge in [-0.1, -0.05) is 31.4 Å². The van der Waals surface area contributed by atoms with Crippen molar-refractivity contribution in [3.63, 3.8) is 0 Å². The van der Waals surface area contributed by atoms with Crippen molar-refractivity contribution in [1.29, 1.82) is 0 Å². The van der Waals surface area contributed by atoms with E-state index >= 15 is 0 Å². The van der Waals surface area contributed by atoms with Crippen LogP contribution in [0, 0.1) is 11.3 Å². The van der Waals surface area contributed by atoms with E-state index < -0.39 is 17.4 Å². The average molecular weight is 348 g/mol. The molecule has 1 fully saturated rings. The Balaban J connectivity index is 2.24. The topological polar surface area (TPSA) is 69.7 Å². The van der Waals surface area contributed by atoms with Crippen LogP contribution in [0.4, 0.5) is 0 Å². The van der Waals surface area contributed by atoms with Gasteiger partial charge in [-0.25, -0.2) is 0 Å². The van der Waals surface area contributed by atoms with E-state index in [1.165, 1.54) is 0 Å². The van der Waals surface area contributed by atoms with Crippen LogP contribution in [0.2, 0.25) is 0 Å². The number of hydrogen-bond acceptors (Lipinski definition) is 5. The smallest absolute Gasteiger partial charge is 0.323 e. The van der Waals surface area contributed by atoms with Crippen molar-refractivity contribution in [2.24, 2.45) is 11.3 Å². The van der Waals surface area contributed by atoms with Crippen molar-refractivity contribution in [1.82, 2.24) is 0 Å². The average Bonchev–Trinajstić information content (AvgIpc) is 3.08. The van der Waals surface area contributed by atoms with Gasteiger partial charge in [0, 0.05) is 11.5 Å². The molecule has 0 heterocycles. The SMILES string of the molecule is CCCCC/C=C1\C(=O)C=C2CC(C(=O)OCC)(C(=O)OCC)CC21. The highest BCUT2D eigenvalue weighted by molar-refractivity contribution is 6.10. The van der Waals surface area contributed by atoms with E-state index in [0.717, 1.165) is 36.8 Å². The van der Waals surface area contributed by atoms with E-state index in [1.54, 1.807) is 19.9 Å². The number of hydrogen-bond donors (Lipinski definition) is 0. The van der Waals surface area contributed by atoms with Gasteiger partial charge in [0.05, 0.1) is 13.2 Å². The van der Waals surface area contributed by atoms with Gasteiger partial charge >= 0.3 is 11.9 Å². The minimum absolute atomic E-state index is 0.0119. The Morgan fingerprint density at radius 1 is 1.16 bits per heavy atom. The van der Waals surface area contributed by atoms with Crippen LogP contribution in [-0.2, 0) is 23.9 Å². The molecular weight excluding hydrogens is 320 g/mol. The summed E-state index contributed by atoms with van der Waals surface area (Å²) in [6.45, 7) is 5.99. The Hall–Kier alpha value is -1.91. The van der Waals surface area contributed by atoms with Gasteiger partial charge in [-0.2, -0.15) is 0 Å². The molecule has 0 saturated heterocycles. The van der Waals surface area contributed by atoms with E-state index in [2.05, 4.69) is 6.92 Å². The second-order valence-electron chi connectivity index (χ2n) is 6.70. The van der Waals surface area contributed by atoms with E-state index in [0.29, 0.717) is 0 Å². The van der Waals surface area contributed by atoms with Crippen molar-refractivity contribution in [2.45, 2.75) is 59.3 Å². The summed E-state index contributed by atoms with van der Waals surface area (Å²) in [5.41, 5.74) is 0.264. The molecule has 5 heteroatoms. The number of allylic oxidation sites excluding steroid dienone is 4. The number of esters is 2. The van der Waals surface area contributed by atoms with Crippen LogP contribution in [0.1, 0.15) is 59.3 Å². The second kappa shape index (κ2) is 8.45. The number of rotatable bonds is 8. The van der Waals surface area contributed by atoms with Crippen molar-refractivity contribution >= 4 is 17.7 Å². The van der Waals surface area contributed by atoms with Crippen molar-refractivity contribution in [3.05, 3.63) is 23.3 Å². The zero-order chi connectivity index (χ0) is 18.4. The molecule has 0 bridgehead atoms. The lowest BCUT2D eigenvalue weighted by Gasteiger charge is -2.24. The maximum Gasteiger partial charge on any atom is 0.323 e. The first-order valence-corrected chi connectivity index (χ1v) is 9.29. The summed E-state index contributed by atoms with van der Waals surface area (Å²) >= 11 is 0. The van der Waals surface area contributed by atoms with Crippen LogP contribution in [-0.4, -0.2) is 30.9 Å². The molecule has 5 nitrogen and oxygen atoms in total. The highest BCUT2D eigenvalue weighted by Crippen LogP contribution is 2.52. The third kappa shape index (κ3) is 3.86. The Bertz CT molecular complexity index is 581. The Kier molecular flexibility index (Phi) is 6.57. The standard InChI is InChI=1S/C20H28O5/c1-4-7-8-9-10-15-16-13-20(18(22)24-5-2,19(23)25-6-3)12-14(16)11-17(15)21/h10-11,16H,4-9,12-13H2,1-3H3/b15-10-. The number of fused-ring (bicyclic) bond motifs is 1. The fraction of sp³-hybridized carbons (Fsp3) is 0.650. The first-order chi connectivity index (χ1) is 12.0. The molecule has 2 aliphatic rings. The van der Waals surface area contributed by atoms with Gasteiger partial charge in [0.2, 0.25) is 0 Å².